The summed E-state index contributed by atoms with van der Waals surface area (Å²) in [6, 6.07) is 6.44. The largest absolute Gasteiger partial charge is 0.388 e. The molecule has 0 bridgehead atoms. The standard InChI is InChI=1S/C20H23N5O2/c26-19-18-22-11-17(16-5-4-14-2-1-3-15(14)10-16)25(18)23-13-24(19)12-20(27)6-8-21-9-7-20/h4-5,10-11,13,21,27H,1-3,6-9,12H2. The number of hydrogen-bond donors (Lipinski definition) is 2. The molecule has 1 aromatic carbocycles. The summed E-state index contributed by atoms with van der Waals surface area (Å²) in [5.74, 6) is 0. The van der Waals surface area contributed by atoms with Crippen LogP contribution in [-0.4, -0.2) is 43.0 Å². The fraction of sp³-hybridized carbons (Fsp3) is 0.450. The molecule has 0 atom stereocenters. The molecule has 2 aromatic heterocycles. The summed E-state index contributed by atoms with van der Waals surface area (Å²) in [6.07, 6.45) is 7.93. The second kappa shape index (κ2) is 6.28. The minimum Gasteiger partial charge on any atom is -0.388 e. The van der Waals surface area contributed by atoms with Crippen molar-refractivity contribution in [1.82, 2.24) is 24.5 Å². The van der Waals surface area contributed by atoms with Crippen molar-refractivity contribution in [3.8, 4) is 11.3 Å². The summed E-state index contributed by atoms with van der Waals surface area (Å²) < 4.78 is 3.10. The van der Waals surface area contributed by atoms with E-state index >= 15 is 0 Å². The first-order valence-electron chi connectivity index (χ1n) is 9.61. The molecular weight excluding hydrogens is 342 g/mol. The van der Waals surface area contributed by atoms with E-state index in [1.807, 2.05) is 0 Å². The van der Waals surface area contributed by atoms with E-state index in [-0.39, 0.29) is 12.1 Å². The zero-order valence-electron chi connectivity index (χ0n) is 15.2. The van der Waals surface area contributed by atoms with Crippen molar-refractivity contribution in [2.45, 2.75) is 44.2 Å². The topological polar surface area (TPSA) is 84.5 Å². The maximum atomic E-state index is 12.9. The molecule has 1 saturated heterocycles. The molecular formula is C20H23N5O2. The summed E-state index contributed by atoms with van der Waals surface area (Å²) in [5, 5.41) is 18.4. The fourth-order valence-electron chi connectivity index (χ4n) is 4.31. The maximum absolute atomic E-state index is 12.9. The molecule has 0 saturated carbocycles. The van der Waals surface area contributed by atoms with Crippen LogP contribution in [-0.2, 0) is 19.4 Å². The van der Waals surface area contributed by atoms with E-state index in [1.54, 1.807) is 10.7 Å². The number of rotatable bonds is 3. The van der Waals surface area contributed by atoms with E-state index in [0.29, 0.717) is 18.5 Å². The molecule has 1 aliphatic heterocycles. The van der Waals surface area contributed by atoms with E-state index < -0.39 is 5.60 Å². The molecule has 3 heterocycles. The third-order valence-corrected chi connectivity index (χ3v) is 5.89. The quantitative estimate of drug-likeness (QED) is 0.728. The second-order valence-corrected chi connectivity index (χ2v) is 7.75. The molecule has 3 aromatic rings. The van der Waals surface area contributed by atoms with Crippen LogP contribution in [0.15, 0.2) is 35.5 Å². The smallest absolute Gasteiger partial charge is 0.296 e. The third kappa shape index (κ3) is 2.87. The minimum atomic E-state index is -0.871. The molecule has 140 valence electrons. The average molecular weight is 365 g/mol. The predicted octanol–water partition coefficient (Wildman–Crippen LogP) is 1.16. The molecule has 0 amide bonds. The molecule has 7 heteroatoms. The molecule has 1 fully saturated rings. The van der Waals surface area contributed by atoms with Crippen molar-refractivity contribution in [3.63, 3.8) is 0 Å². The van der Waals surface area contributed by atoms with Crippen LogP contribution in [0.25, 0.3) is 16.9 Å². The highest BCUT2D eigenvalue weighted by atomic mass is 16.3. The number of aliphatic hydroxyl groups is 1. The SMILES string of the molecule is O=c1c2ncc(-c3ccc4c(c3)CCC4)n2ncn1CC1(O)CCNCC1. The molecule has 7 nitrogen and oxygen atoms in total. The van der Waals surface area contributed by atoms with Crippen LogP contribution < -0.4 is 10.9 Å². The van der Waals surface area contributed by atoms with Gasteiger partial charge in [-0.05, 0) is 62.4 Å². The number of nitrogens with zero attached hydrogens (tertiary/aromatic N) is 4. The van der Waals surface area contributed by atoms with Gasteiger partial charge in [-0.2, -0.15) is 5.10 Å². The minimum absolute atomic E-state index is 0.218. The fourth-order valence-corrected chi connectivity index (χ4v) is 4.31. The van der Waals surface area contributed by atoms with Gasteiger partial charge in [-0.25, -0.2) is 9.50 Å². The number of hydrogen-bond acceptors (Lipinski definition) is 5. The zero-order valence-corrected chi connectivity index (χ0v) is 15.2. The molecule has 0 unspecified atom stereocenters. The monoisotopic (exact) mass is 365 g/mol. The van der Waals surface area contributed by atoms with E-state index in [4.69, 9.17) is 0 Å². The lowest BCUT2D eigenvalue weighted by atomic mass is 9.92. The van der Waals surface area contributed by atoms with Gasteiger partial charge < -0.3 is 10.4 Å². The summed E-state index contributed by atoms with van der Waals surface area (Å²) in [5.41, 5.74) is 3.86. The molecule has 27 heavy (non-hydrogen) atoms. The molecule has 0 radical (unpaired) electrons. The number of benzene rings is 1. The van der Waals surface area contributed by atoms with Crippen LogP contribution in [0.3, 0.4) is 0 Å². The Morgan fingerprint density at radius 2 is 2.00 bits per heavy atom. The third-order valence-electron chi connectivity index (χ3n) is 5.89. The van der Waals surface area contributed by atoms with E-state index in [9.17, 15) is 9.90 Å². The lowest BCUT2D eigenvalue weighted by Crippen LogP contribution is -2.46. The van der Waals surface area contributed by atoms with Crippen molar-refractivity contribution in [1.29, 1.82) is 0 Å². The van der Waals surface area contributed by atoms with Crippen LogP contribution in [0.1, 0.15) is 30.4 Å². The molecule has 2 N–H and O–H groups in total. The summed E-state index contributed by atoms with van der Waals surface area (Å²) >= 11 is 0. The summed E-state index contributed by atoms with van der Waals surface area (Å²) in [7, 11) is 0. The number of piperidine rings is 1. The number of imidazole rings is 1. The lowest BCUT2D eigenvalue weighted by molar-refractivity contribution is -0.00643. The Morgan fingerprint density at radius 1 is 1.19 bits per heavy atom. The van der Waals surface area contributed by atoms with E-state index in [0.717, 1.165) is 37.2 Å². The first-order chi connectivity index (χ1) is 13.1. The Morgan fingerprint density at radius 3 is 2.85 bits per heavy atom. The van der Waals surface area contributed by atoms with Crippen LogP contribution in [0.2, 0.25) is 0 Å². The zero-order chi connectivity index (χ0) is 18.4. The van der Waals surface area contributed by atoms with Gasteiger partial charge >= 0.3 is 0 Å². The molecule has 5 rings (SSSR count). The highest BCUT2D eigenvalue weighted by Gasteiger charge is 2.30. The summed E-state index contributed by atoms with van der Waals surface area (Å²) in [4.78, 5) is 17.2. The van der Waals surface area contributed by atoms with Gasteiger partial charge in [-0.15, -0.1) is 0 Å². The van der Waals surface area contributed by atoms with Crippen LogP contribution in [0.4, 0.5) is 0 Å². The average Bonchev–Trinajstić information content (AvgIpc) is 3.31. The van der Waals surface area contributed by atoms with Crippen molar-refractivity contribution in [2.24, 2.45) is 0 Å². The van der Waals surface area contributed by atoms with Gasteiger partial charge in [0.25, 0.3) is 5.56 Å². The van der Waals surface area contributed by atoms with E-state index in [1.165, 1.54) is 28.4 Å². The van der Waals surface area contributed by atoms with Crippen LogP contribution >= 0.6 is 0 Å². The van der Waals surface area contributed by atoms with Crippen molar-refractivity contribution in [2.75, 3.05) is 13.1 Å². The Bertz CT molecular complexity index is 1060. The van der Waals surface area contributed by atoms with Crippen LogP contribution in [0, 0.1) is 0 Å². The Kier molecular flexibility index (Phi) is 3.87. The maximum Gasteiger partial charge on any atom is 0.296 e. The lowest BCUT2D eigenvalue weighted by Gasteiger charge is -2.32. The van der Waals surface area contributed by atoms with Gasteiger partial charge in [0, 0.05) is 5.56 Å². The normalized spacial score (nSPS) is 18.7. The predicted molar refractivity (Wildman–Crippen MR) is 102 cm³/mol. The van der Waals surface area contributed by atoms with Crippen molar-refractivity contribution < 1.29 is 5.11 Å². The molecule has 0 spiro atoms. The van der Waals surface area contributed by atoms with Gasteiger partial charge in [0.05, 0.1) is 24.0 Å². The highest BCUT2D eigenvalue weighted by Crippen LogP contribution is 2.28. The van der Waals surface area contributed by atoms with Crippen molar-refractivity contribution in [3.05, 3.63) is 52.2 Å². The number of fused-ring (bicyclic) bond motifs is 2. The second-order valence-electron chi connectivity index (χ2n) is 7.75. The Labute approximate surface area is 156 Å². The number of nitrogens with one attached hydrogen (secondary N) is 1. The van der Waals surface area contributed by atoms with Gasteiger partial charge in [-0.3, -0.25) is 9.36 Å². The first-order valence-corrected chi connectivity index (χ1v) is 9.61. The highest BCUT2D eigenvalue weighted by molar-refractivity contribution is 5.64. The molecule has 1 aliphatic carbocycles. The van der Waals surface area contributed by atoms with Gasteiger partial charge in [0.1, 0.15) is 6.33 Å². The number of aryl methyl sites for hydroxylation is 2. The van der Waals surface area contributed by atoms with Gasteiger partial charge in [0.15, 0.2) is 0 Å². The molecule has 2 aliphatic rings. The van der Waals surface area contributed by atoms with Crippen LogP contribution in [0.5, 0.6) is 0 Å². The van der Waals surface area contributed by atoms with E-state index in [2.05, 4.69) is 33.6 Å². The summed E-state index contributed by atoms with van der Waals surface area (Å²) in [6.45, 7) is 1.76. The number of aromatic nitrogens is 4. The van der Waals surface area contributed by atoms with Gasteiger partial charge in [0.2, 0.25) is 5.65 Å². The van der Waals surface area contributed by atoms with Gasteiger partial charge in [-0.1, -0.05) is 12.1 Å². The first kappa shape index (κ1) is 16.6. The Balaban J connectivity index is 1.52. The Hall–Kier alpha value is -2.51. The van der Waals surface area contributed by atoms with Crippen molar-refractivity contribution >= 4 is 5.65 Å².